The Morgan fingerprint density at radius 3 is 2.41 bits per heavy atom. The van der Waals surface area contributed by atoms with Crippen molar-refractivity contribution in [3.05, 3.63) is 23.8 Å². The number of likely N-dealkylation sites (N-methyl/N-ethyl adjacent to an activating group) is 1. The van der Waals surface area contributed by atoms with Gasteiger partial charge in [0.05, 0.1) is 0 Å². The third-order valence-electron chi connectivity index (χ3n) is 2.94. The Balaban J connectivity index is 2.58. The van der Waals surface area contributed by atoms with Gasteiger partial charge < -0.3 is 16.0 Å². The maximum Gasteiger partial charge on any atom is 0.0365 e. The van der Waals surface area contributed by atoms with E-state index in [9.17, 15) is 0 Å². The molecule has 0 saturated carbocycles. The molecule has 0 aromatic heterocycles. The van der Waals surface area contributed by atoms with Crippen molar-refractivity contribution in [2.24, 2.45) is 0 Å². The van der Waals surface area contributed by atoms with E-state index in [1.165, 1.54) is 5.56 Å². The van der Waals surface area contributed by atoms with Crippen molar-refractivity contribution in [3.63, 3.8) is 0 Å². The van der Waals surface area contributed by atoms with Gasteiger partial charge >= 0.3 is 0 Å². The van der Waals surface area contributed by atoms with Crippen molar-refractivity contribution in [2.45, 2.75) is 33.7 Å². The molecule has 0 radical (unpaired) electrons. The Morgan fingerprint density at radius 1 is 1.24 bits per heavy atom. The number of nitrogen functional groups attached to an aromatic ring is 1. The number of nitrogens with one attached hydrogen (secondary N) is 1. The average Bonchev–Trinajstić information content (AvgIpc) is 2.24. The van der Waals surface area contributed by atoms with Crippen molar-refractivity contribution in [3.8, 4) is 0 Å². The fourth-order valence-corrected chi connectivity index (χ4v) is 2.10. The second kappa shape index (κ2) is 6.50. The lowest BCUT2D eigenvalue weighted by Gasteiger charge is -2.24. The molecular weight excluding hydrogens is 210 g/mol. The van der Waals surface area contributed by atoms with Gasteiger partial charge in [-0.05, 0) is 50.7 Å². The monoisotopic (exact) mass is 235 g/mol. The van der Waals surface area contributed by atoms with Crippen LogP contribution < -0.4 is 11.1 Å². The first kappa shape index (κ1) is 13.8. The third kappa shape index (κ3) is 4.65. The number of hydrogen-bond acceptors (Lipinski definition) is 3. The smallest absolute Gasteiger partial charge is 0.0365 e. The van der Waals surface area contributed by atoms with Crippen LogP contribution in [0.5, 0.6) is 0 Å². The minimum Gasteiger partial charge on any atom is -0.399 e. The summed E-state index contributed by atoms with van der Waals surface area (Å²) in [6, 6.07) is 6.54. The van der Waals surface area contributed by atoms with E-state index < -0.39 is 0 Å². The number of nitrogens with two attached hydrogens (primary N) is 1. The van der Waals surface area contributed by atoms with Gasteiger partial charge in [0.2, 0.25) is 0 Å². The first-order valence-corrected chi connectivity index (χ1v) is 6.41. The van der Waals surface area contributed by atoms with Crippen LogP contribution in [0.4, 0.5) is 11.4 Å². The van der Waals surface area contributed by atoms with Gasteiger partial charge in [0.15, 0.2) is 0 Å². The van der Waals surface area contributed by atoms with Crippen LogP contribution in [0.15, 0.2) is 18.2 Å². The van der Waals surface area contributed by atoms with Crippen molar-refractivity contribution in [1.82, 2.24) is 4.90 Å². The predicted molar refractivity (Wildman–Crippen MR) is 76.5 cm³/mol. The van der Waals surface area contributed by atoms with E-state index >= 15 is 0 Å². The first-order chi connectivity index (χ1) is 8.05. The molecule has 0 aliphatic rings. The minimum absolute atomic E-state index is 0.427. The van der Waals surface area contributed by atoms with Gasteiger partial charge in [0, 0.05) is 24.0 Å². The standard InChI is InChI=1S/C14H25N3/c1-5-17(6-2)10-12(4)16-14-8-11(3)7-13(15)9-14/h7-9,12,16H,5-6,10,15H2,1-4H3. The molecule has 0 heterocycles. The average molecular weight is 235 g/mol. The van der Waals surface area contributed by atoms with Crippen LogP contribution in [0.3, 0.4) is 0 Å². The van der Waals surface area contributed by atoms with E-state index in [4.69, 9.17) is 5.73 Å². The quantitative estimate of drug-likeness (QED) is 0.745. The highest BCUT2D eigenvalue weighted by Gasteiger charge is 2.07. The second-order valence-corrected chi connectivity index (χ2v) is 4.66. The maximum atomic E-state index is 5.84. The lowest BCUT2D eigenvalue weighted by Crippen LogP contribution is -2.34. The molecule has 3 nitrogen and oxygen atoms in total. The Morgan fingerprint density at radius 2 is 1.88 bits per heavy atom. The highest BCUT2D eigenvalue weighted by Crippen LogP contribution is 2.16. The van der Waals surface area contributed by atoms with Gasteiger partial charge in [-0.15, -0.1) is 0 Å². The van der Waals surface area contributed by atoms with E-state index in [1.54, 1.807) is 0 Å². The summed E-state index contributed by atoms with van der Waals surface area (Å²) >= 11 is 0. The van der Waals surface area contributed by atoms with Crippen LogP contribution in [-0.2, 0) is 0 Å². The van der Waals surface area contributed by atoms with Crippen LogP contribution in [0.1, 0.15) is 26.3 Å². The molecule has 0 fully saturated rings. The minimum atomic E-state index is 0.427. The number of hydrogen-bond donors (Lipinski definition) is 2. The first-order valence-electron chi connectivity index (χ1n) is 6.41. The summed E-state index contributed by atoms with van der Waals surface area (Å²) in [5.41, 5.74) is 8.97. The molecule has 1 rings (SSSR count). The molecule has 0 aliphatic carbocycles. The van der Waals surface area contributed by atoms with Gasteiger partial charge in [0.1, 0.15) is 0 Å². The van der Waals surface area contributed by atoms with Crippen molar-refractivity contribution < 1.29 is 0 Å². The normalized spacial score (nSPS) is 12.8. The molecule has 0 saturated heterocycles. The van der Waals surface area contributed by atoms with Gasteiger partial charge in [-0.1, -0.05) is 13.8 Å². The highest BCUT2D eigenvalue weighted by molar-refractivity contribution is 5.57. The molecule has 3 heteroatoms. The fraction of sp³-hybridized carbons (Fsp3) is 0.571. The second-order valence-electron chi connectivity index (χ2n) is 4.66. The van der Waals surface area contributed by atoms with Gasteiger partial charge in [-0.25, -0.2) is 0 Å². The Labute approximate surface area is 105 Å². The molecular formula is C14H25N3. The molecule has 1 unspecified atom stereocenters. The van der Waals surface area contributed by atoms with E-state index in [2.05, 4.69) is 44.0 Å². The molecule has 1 aromatic carbocycles. The molecule has 0 bridgehead atoms. The number of nitrogens with zero attached hydrogens (tertiary/aromatic N) is 1. The van der Waals surface area contributed by atoms with Crippen LogP contribution in [0.25, 0.3) is 0 Å². The zero-order valence-corrected chi connectivity index (χ0v) is 11.5. The third-order valence-corrected chi connectivity index (χ3v) is 2.94. The van der Waals surface area contributed by atoms with Crippen molar-refractivity contribution in [1.29, 1.82) is 0 Å². The summed E-state index contributed by atoms with van der Waals surface area (Å²) in [5, 5.41) is 3.50. The Bertz CT molecular complexity index is 325. The zero-order chi connectivity index (χ0) is 12.8. The van der Waals surface area contributed by atoms with E-state index in [1.807, 2.05) is 12.1 Å². The summed E-state index contributed by atoms with van der Waals surface area (Å²) in [6.07, 6.45) is 0. The van der Waals surface area contributed by atoms with Crippen molar-refractivity contribution in [2.75, 3.05) is 30.7 Å². The molecule has 1 aromatic rings. The summed E-state index contributed by atoms with van der Waals surface area (Å²) in [4.78, 5) is 2.41. The number of rotatable bonds is 6. The molecule has 0 aliphatic heterocycles. The summed E-state index contributed by atoms with van der Waals surface area (Å²) in [5.74, 6) is 0. The summed E-state index contributed by atoms with van der Waals surface area (Å²) in [6.45, 7) is 11.9. The van der Waals surface area contributed by atoms with Gasteiger partial charge in [-0.2, -0.15) is 0 Å². The number of anilines is 2. The predicted octanol–water partition coefficient (Wildman–Crippen LogP) is 2.72. The Kier molecular flexibility index (Phi) is 5.29. The van der Waals surface area contributed by atoms with E-state index in [0.717, 1.165) is 31.0 Å². The van der Waals surface area contributed by atoms with E-state index in [-0.39, 0.29) is 0 Å². The SMILES string of the molecule is CCN(CC)CC(C)Nc1cc(C)cc(N)c1. The maximum absolute atomic E-state index is 5.84. The molecule has 1 atom stereocenters. The molecule has 17 heavy (non-hydrogen) atoms. The number of aryl methyl sites for hydroxylation is 1. The van der Waals surface area contributed by atoms with Crippen LogP contribution >= 0.6 is 0 Å². The largest absolute Gasteiger partial charge is 0.399 e. The zero-order valence-electron chi connectivity index (χ0n) is 11.5. The molecule has 96 valence electrons. The topological polar surface area (TPSA) is 41.3 Å². The molecule has 0 spiro atoms. The lowest BCUT2D eigenvalue weighted by atomic mass is 10.2. The summed E-state index contributed by atoms with van der Waals surface area (Å²) in [7, 11) is 0. The van der Waals surface area contributed by atoms with Gasteiger partial charge in [-0.3, -0.25) is 0 Å². The lowest BCUT2D eigenvalue weighted by molar-refractivity contribution is 0.295. The van der Waals surface area contributed by atoms with Gasteiger partial charge in [0.25, 0.3) is 0 Å². The van der Waals surface area contributed by atoms with Crippen LogP contribution in [0.2, 0.25) is 0 Å². The molecule has 3 N–H and O–H groups in total. The van der Waals surface area contributed by atoms with Crippen molar-refractivity contribution >= 4 is 11.4 Å². The molecule has 0 amide bonds. The Hall–Kier alpha value is -1.22. The summed E-state index contributed by atoms with van der Waals surface area (Å²) < 4.78 is 0. The highest BCUT2D eigenvalue weighted by atomic mass is 15.1. The fourth-order valence-electron chi connectivity index (χ4n) is 2.10. The van der Waals surface area contributed by atoms with Crippen LogP contribution in [0, 0.1) is 6.92 Å². The van der Waals surface area contributed by atoms with E-state index in [0.29, 0.717) is 6.04 Å². The van der Waals surface area contributed by atoms with Crippen LogP contribution in [-0.4, -0.2) is 30.6 Å². The number of benzene rings is 1.